The van der Waals surface area contributed by atoms with Gasteiger partial charge in [0.25, 0.3) is 5.91 Å². The van der Waals surface area contributed by atoms with Crippen LogP contribution in [0.4, 0.5) is 5.69 Å². The van der Waals surface area contributed by atoms with Crippen LogP contribution in [0.1, 0.15) is 21.5 Å². The Morgan fingerprint density at radius 1 is 1.17 bits per heavy atom. The van der Waals surface area contributed by atoms with Crippen LogP contribution >= 0.6 is 12.4 Å². The lowest BCUT2D eigenvalue weighted by atomic mass is 10.1. The van der Waals surface area contributed by atoms with Crippen molar-refractivity contribution in [2.75, 3.05) is 5.32 Å². The minimum atomic E-state index is -0.133. The van der Waals surface area contributed by atoms with Crippen molar-refractivity contribution in [2.24, 2.45) is 0 Å². The Bertz CT molecular complexity index is 541. The summed E-state index contributed by atoms with van der Waals surface area (Å²) < 4.78 is 0. The molecule has 94 valence electrons. The van der Waals surface area contributed by atoms with Gasteiger partial charge in [-0.05, 0) is 43.2 Å². The Labute approximate surface area is 113 Å². The highest BCUT2D eigenvalue weighted by Crippen LogP contribution is 2.18. The highest BCUT2D eigenvalue weighted by Gasteiger charge is 2.07. The maximum absolute atomic E-state index is 11.9. The Hall–Kier alpha value is -1.87. The van der Waals surface area contributed by atoms with E-state index in [0.717, 1.165) is 16.8 Å². The molecule has 1 aromatic carbocycles. The molecular formula is C14H15ClN2O. The van der Waals surface area contributed by atoms with Gasteiger partial charge in [0.05, 0.1) is 5.56 Å². The predicted molar refractivity (Wildman–Crippen MR) is 75.4 cm³/mol. The van der Waals surface area contributed by atoms with Crippen molar-refractivity contribution in [1.82, 2.24) is 4.98 Å². The molecule has 0 aliphatic heterocycles. The topological polar surface area (TPSA) is 42.0 Å². The highest BCUT2D eigenvalue weighted by atomic mass is 35.5. The molecule has 0 fully saturated rings. The monoisotopic (exact) mass is 262 g/mol. The van der Waals surface area contributed by atoms with E-state index in [9.17, 15) is 4.79 Å². The third kappa shape index (κ3) is 3.08. The first-order chi connectivity index (χ1) is 8.18. The number of anilines is 1. The summed E-state index contributed by atoms with van der Waals surface area (Å²) in [4.78, 5) is 15.9. The fraction of sp³-hybridized carbons (Fsp3) is 0.143. The van der Waals surface area contributed by atoms with E-state index in [2.05, 4.69) is 10.3 Å². The van der Waals surface area contributed by atoms with Gasteiger partial charge in [-0.2, -0.15) is 0 Å². The molecule has 0 spiro atoms. The van der Waals surface area contributed by atoms with Gasteiger partial charge in [0.1, 0.15) is 0 Å². The van der Waals surface area contributed by atoms with Gasteiger partial charge in [0.2, 0.25) is 0 Å². The maximum Gasteiger partial charge on any atom is 0.257 e. The second-order valence-corrected chi connectivity index (χ2v) is 3.94. The molecule has 0 aliphatic rings. The van der Waals surface area contributed by atoms with E-state index in [-0.39, 0.29) is 18.3 Å². The number of hydrogen-bond donors (Lipinski definition) is 1. The molecule has 0 saturated carbocycles. The van der Waals surface area contributed by atoms with Crippen LogP contribution in [0.5, 0.6) is 0 Å². The zero-order valence-corrected chi connectivity index (χ0v) is 11.1. The number of nitrogens with zero attached hydrogens (tertiary/aromatic N) is 1. The van der Waals surface area contributed by atoms with Crippen LogP contribution < -0.4 is 5.32 Å². The van der Waals surface area contributed by atoms with Crippen LogP contribution in [-0.2, 0) is 0 Å². The highest BCUT2D eigenvalue weighted by molar-refractivity contribution is 6.04. The first kappa shape index (κ1) is 14.2. The fourth-order valence-corrected chi connectivity index (χ4v) is 1.58. The number of aryl methyl sites for hydroxylation is 1. The van der Waals surface area contributed by atoms with Crippen LogP contribution in [0.3, 0.4) is 0 Å². The van der Waals surface area contributed by atoms with Crippen molar-refractivity contribution in [3.8, 4) is 0 Å². The van der Waals surface area contributed by atoms with Crippen molar-refractivity contribution in [2.45, 2.75) is 13.8 Å². The molecule has 2 aromatic rings. The molecule has 3 nitrogen and oxygen atoms in total. The quantitative estimate of drug-likeness (QED) is 0.902. The van der Waals surface area contributed by atoms with Crippen molar-refractivity contribution < 1.29 is 4.79 Å². The second-order valence-electron chi connectivity index (χ2n) is 3.94. The lowest BCUT2D eigenvalue weighted by Gasteiger charge is -2.09. The number of benzene rings is 1. The van der Waals surface area contributed by atoms with Gasteiger partial charge in [-0.3, -0.25) is 9.78 Å². The molecule has 0 bridgehead atoms. The largest absolute Gasteiger partial charge is 0.322 e. The average Bonchev–Trinajstić information content (AvgIpc) is 2.36. The van der Waals surface area contributed by atoms with E-state index in [1.165, 1.54) is 0 Å². The van der Waals surface area contributed by atoms with E-state index in [4.69, 9.17) is 0 Å². The van der Waals surface area contributed by atoms with Crippen LogP contribution in [0.25, 0.3) is 0 Å². The zero-order valence-electron chi connectivity index (χ0n) is 10.3. The third-order valence-corrected chi connectivity index (χ3v) is 2.78. The number of rotatable bonds is 2. The number of aromatic nitrogens is 1. The average molecular weight is 263 g/mol. The molecule has 0 unspecified atom stereocenters. The zero-order chi connectivity index (χ0) is 12.3. The lowest BCUT2D eigenvalue weighted by Crippen LogP contribution is -2.13. The summed E-state index contributed by atoms with van der Waals surface area (Å²) in [5.74, 6) is -0.133. The summed E-state index contributed by atoms with van der Waals surface area (Å²) >= 11 is 0. The first-order valence-corrected chi connectivity index (χ1v) is 5.46. The van der Waals surface area contributed by atoms with Crippen LogP contribution in [0, 0.1) is 13.8 Å². The summed E-state index contributed by atoms with van der Waals surface area (Å²) in [6.07, 6.45) is 3.20. The molecule has 1 N–H and O–H groups in total. The molecule has 1 amide bonds. The summed E-state index contributed by atoms with van der Waals surface area (Å²) in [6.45, 7) is 4.02. The molecule has 0 aliphatic carbocycles. The number of carbonyl (C=O) groups excluding carboxylic acids is 1. The van der Waals surface area contributed by atoms with Gasteiger partial charge < -0.3 is 5.32 Å². The van der Waals surface area contributed by atoms with Crippen molar-refractivity contribution in [3.63, 3.8) is 0 Å². The molecule has 4 heteroatoms. The van der Waals surface area contributed by atoms with E-state index in [1.807, 2.05) is 32.0 Å². The summed E-state index contributed by atoms with van der Waals surface area (Å²) in [6, 6.07) is 9.35. The van der Waals surface area contributed by atoms with E-state index >= 15 is 0 Å². The van der Waals surface area contributed by atoms with Crippen LogP contribution in [0.2, 0.25) is 0 Å². The number of amides is 1. The molecule has 18 heavy (non-hydrogen) atoms. The lowest BCUT2D eigenvalue weighted by molar-refractivity contribution is 0.102. The number of nitrogens with one attached hydrogen (secondary N) is 1. The SMILES string of the molecule is Cc1cccc(NC(=O)c2cccnc2)c1C.Cl. The van der Waals surface area contributed by atoms with Gasteiger partial charge in [0, 0.05) is 18.1 Å². The van der Waals surface area contributed by atoms with Crippen molar-refractivity contribution in [1.29, 1.82) is 0 Å². The normalized spacial score (nSPS) is 9.44. The van der Waals surface area contributed by atoms with Gasteiger partial charge >= 0.3 is 0 Å². The van der Waals surface area contributed by atoms with E-state index in [0.29, 0.717) is 5.56 Å². The smallest absolute Gasteiger partial charge is 0.257 e. The number of hydrogen-bond acceptors (Lipinski definition) is 2. The maximum atomic E-state index is 11.9. The summed E-state index contributed by atoms with van der Waals surface area (Å²) in [5, 5.41) is 2.89. The van der Waals surface area contributed by atoms with Crippen molar-refractivity contribution >= 4 is 24.0 Å². The molecular weight excluding hydrogens is 248 g/mol. The second kappa shape index (κ2) is 6.17. The minimum Gasteiger partial charge on any atom is -0.322 e. The van der Waals surface area contributed by atoms with Gasteiger partial charge in [0.15, 0.2) is 0 Å². The van der Waals surface area contributed by atoms with Crippen LogP contribution in [0.15, 0.2) is 42.7 Å². The Morgan fingerprint density at radius 3 is 2.61 bits per heavy atom. The van der Waals surface area contributed by atoms with E-state index < -0.39 is 0 Å². The number of halogens is 1. The summed E-state index contributed by atoms with van der Waals surface area (Å²) in [7, 11) is 0. The van der Waals surface area contributed by atoms with E-state index in [1.54, 1.807) is 24.5 Å². The molecule has 1 aromatic heterocycles. The molecule has 0 saturated heterocycles. The van der Waals surface area contributed by atoms with Gasteiger partial charge in [-0.15, -0.1) is 12.4 Å². The van der Waals surface area contributed by atoms with Gasteiger partial charge in [-0.1, -0.05) is 12.1 Å². The molecule has 2 rings (SSSR count). The predicted octanol–water partition coefficient (Wildman–Crippen LogP) is 3.37. The summed E-state index contributed by atoms with van der Waals surface area (Å²) in [5.41, 5.74) is 3.66. The third-order valence-electron chi connectivity index (χ3n) is 2.78. The molecule has 1 heterocycles. The standard InChI is InChI=1S/C14H14N2O.ClH/c1-10-5-3-7-13(11(10)2)16-14(17)12-6-4-8-15-9-12;/h3-9H,1-2H3,(H,16,17);1H. The van der Waals surface area contributed by atoms with Crippen LogP contribution in [-0.4, -0.2) is 10.9 Å². The van der Waals surface area contributed by atoms with Crippen molar-refractivity contribution in [3.05, 3.63) is 59.4 Å². The first-order valence-electron chi connectivity index (χ1n) is 5.46. The number of carbonyl (C=O) groups is 1. The molecule has 0 radical (unpaired) electrons. The number of pyridine rings is 1. The fourth-order valence-electron chi connectivity index (χ4n) is 1.58. The van der Waals surface area contributed by atoms with Gasteiger partial charge in [-0.25, -0.2) is 0 Å². The Kier molecular flexibility index (Phi) is 4.86. The Morgan fingerprint density at radius 2 is 1.94 bits per heavy atom. The Balaban J connectivity index is 0.00000162. The molecule has 0 atom stereocenters. The minimum absolute atomic E-state index is 0.